The van der Waals surface area contributed by atoms with E-state index in [9.17, 15) is 4.79 Å². The average Bonchev–Trinajstić information content (AvgIpc) is 2.71. The Labute approximate surface area is 97.3 Å². The smallest absolute Gasteiger partial charge is 0.330 e. The van der Waals surface area contributed by atoms with Crippen LogP contribution < -0.4 is 11.4 Å². The lowest BCUT2D eigenvalue weighted by Crippen LogP contribution is -2.18. The van der Waals surface area contributed by atoms with Gasteiger partial charge in [0.1, 0.15) is 5.82 Å². The number of H-pyrrole nitrogens is 1. The van der Waals surface area contributed by atoms with Gasteiger partial charge in [-0.1, -0.05) is 6.07 Å². The van der Waals surface area contributed by atoms with Crippen LogP contribution >= 0.6 is 0 Å². The van der Waals surface area contributed by atoms with E-state index in [1.165, 1.54) is 4.57 Å². The van der Waals surface area contributed by atoms with Gasteiger partial charge in [0.2, 0.25) is 0 Å². The van der Waals surface area contributed by atoms with Crippen LogP contribution in [0, 0.1) is 11.3 Å². The third kappa shape index (κ3) is 2.09. The van der Waals surface area contributed by atoms with Crippen molar-refractivity contribution in [3.63, 3.8) is 0 Å². The maximum absolute atomic E-state index is 11.6. The number of nitrogens with two attached hydrogens (primary N) is 1. The summed E-state index contributed by atoms with van der Waals surface area (Å²) in [4.78, 5) is 11.6. The second-order valence-electron chi connectivity index (χ2n) is 3.48. The highest BCUT2D eigenvalue weighted by molar-refractivity contribution is 5.41. The number of benzene rings is 1. The van der Waals surface area contributed by atoms with E-state index < -0.39 is 0 Å². The van der Waals surface area contributed by atoms with E-state index in [1.54, 1.807) is 24.3 Å². The number of hydrogen-bond acceptors (Lipinski definition) is 4. The highest BCUT2D eigenvalue weighted by Crippen LogP contribution is 2.09. The average molecular weight is 229 g/mol. The highest BCUT2D eigenvalue weighted by atomic mass is 16.1. The molecular weight excluding hydrogens is 218 g/mol. The van der Waals surface area contributed by atoms with Gasteiger partial charge in [0.05, 0.1) is 17.3 Å². The number of aromatic amines is 1. The molecule has 0 aliphatic rings. The Morgan fingerprint density at radius 1 is 1.53 bits per heavy atom. The van der Waals surface area contributed by atoms with Gasteiger partial charge in [-0.3, -0.25) is 0 Å². The molecule has 2 rings (SSSR count). The molecule has 6 nitrogen and oxygen atoms in total. The van der Waals surface area contributed by atoms with Gasteiger partial charge in [-0.2, -0.15) is 10.4 Å². The molecule has 17 heavy (non-hydrogen) atoms. The van der Waals surface area contributed by atoms with E-state index in [1.807, 2.05) is 6.07 Å². The van der Waals surface area contributed by atoms with Crippen LogP contribution in [0.25, 0.3) is 5.69 Å². The molecule has 0 atom stereocenters. The van der Waals surface area contributed by atoms with Gasteiger partial charge in [0.25, 0.3) is 0 Å². The van der Waals surface area contributed by atoms with Crippen LogP contribution in [0.5, 0.6) is 0 Å². The van der Waals surface area contributed by atoms with Crippen LogP contribution in [0.4, 0.5) is 0 Å². The predicted octanol–water partition coefficient (Wildman–Crippen LogP) is -0.0665. The Morgan fingerprint density at radius 3 is 3.06 bits per heavy atom. The summed E-state index contributed by atoms with van der Waals surface area (Å²) < 4.78 is 1.42. The second-order valence-corrected chi connectivity index (χ2v) is 3.48. The summed E-state index contributed by atoms with van der Waals surface area (Å²) in [5.74, 6) is 0.563. The van der Waals surface area contributed by atoms with E-state index in [0.717, 1.165) is 0 Å². The van der Waals surface area contributed by atoms with Crippen molar-refractivity contribution in [3.8, 4) is 11.8 Å². The first-order chi connectivity index (χ1) is 8.26. The van der Waals surface area contributed by atoms with Gasteiger partial charge in [0, 0.05) is 6.42 Å². The third-order valence-corrected chi connectivity index (χ3v) is 2.34. The molecule has 1 heterocycles. The first kappa shape index (κ1) is 11.1. The van der Waals surface area contributed by atoms with Crippen molar-refractivity contribution >= 4 is 0 Å². The van der Waals surface area contributed by atoms with Crippen molar-refractivity contribution in [3.05, 3.63) is 46.1 Å². The van der Waals surface area contributed by atoms with E-state index in [-0.39, 0.29) is 5.69 Å². The number of nitrogens with one attached hydrogen (secondary N) is 1. The standard InChI is InChI=1S/C11H11N5O/c12-5-4-10-14-15-11(17)16(10)9-3-1-2-8(6-9)7-13/h1-3,6H,4-5,12H2,(H,15,17). The van der Waals surface area contributed by atoms with Crippen LogP contribution in [0.1, 0.15) is 11.4 Å². The van der Waals surface area contributed by atoms with Crippen molar-refractivity contribution in [2.24, 2.45) is 5.73 Å². The fourth-order valence-electron chi connectivity index (χ4n) is 1.61. The van der Waals surface area contributed by atoms with Gasteiger partial charge in [-0.25, -0.2) is 14.5 Å². The number of nitriles is 1. The molecule has 0 aliphatic heterocycles. The van der Waals surface area contributed by atoms with Gasteiger partial charge in [-0.05, 0) is 24.7 Å². The molecule has 2 aromatic rings. The fraction of sp³-hybridized carbons (Fsp3) is 0.182. The summed E-state index contributed by atoms with van der Waals surface area (Å²) in [7, 11) is 0. The first-order valence-corrected chi connectivity index (χ1v) is 5.13. The maximum Gasteiger partial charge on any atom is 0.347 e. The van der Waals surface area contributed by atoms with Crippen LogP contribution in [0.3, 0.4) is 0 Å². The van der Waals surface area contributed by atoms with Crippen molar-refractivity contribution < 1.29 is 0 Å². The number of nitrogens with zero attached hydrogens (tertiary/aromatic N) is 3. The Morgan fingerprint density at radius 2 is 2.35 bits per heavy atom. The Balaban J connectivity index is 2.56. The summed E-state index contributed by atoms with van der Waals surface area (Å²) in [6.07, 6.45) is 0.496. The Kier molecular flexibility index (Phi) is 3.03. The molecule has 0 bridgehead atoms. The molecule has 6 heteroatoms. The Hall–Kier alpha value is -2.39. The molecule has 0 amide bonds. The topological polar surface area (TPSA) is 100 Å². The minimum Gasteiger partial charge on any atom is -0.330 e. The molecule has 1 aromatic heterocycles. The molecule has 0 aliphatic carbocycles. The maximum atomic E-state index is 11.6. The van der Waals surface area contributed by atoms with Gasteiger partial charge < -0.3 is 5.73 Å². The quantitative estimate of drug-likeness (QED) is 0.769. The zero-order chi connectivity index (χ0) is 12.3. The third-order valence-electron chi connectivity index (χ3n) is 2.34. The van der Waals surface area contributed by atoms with Gasteiger partial charge >= 0.3 is 5.69 Å². The monoisotopic (exact) mass is 229 g/mol. The summed E-state index contributed by atoms with van der Waals surface area (Å²) in [6, 6.07) is 8.81. The van der Waals surface area contributed by atoms with Crippen LogP contribution in [-0.2, 0) is 6.42 Å². The lowest BCUT2D eigenvalue weighted by molar-refractivity contribution is 0.824. The van der Waals surface area contributed by atoms with Crippen LogP contribution in [0.15, 0.2) is 29.1 Å². The summed E-state index contributed by atoms with van der Waals surface area (Å²) in [6.45, 7) is 0.405. The van der Waals surface area contributed by atoms with E-state index in [0.29, 0.717) is 30.0 Å². The van der Waals surface area contributed by atoms with E-state index >= 15 is 0 Å². The fourth-order valence-corrected chi connectivity index (χ4v) is 1.61. The Bertz CT molecular complexity index is 619. The van der Waals surface area contributed by atoms with Gasteiger partial charge in [0.15, 0.2) is 0 Å². The largest absolute Gasteiger partial charge is 0.347 e. The minimum absolute atomic E-state index is 0.330. The van der Waals surface area contributed by atoms with E-state index in [2.05, 4.69) is 10.2 Å². The van der Waals surface area contributed by atoms with Crippen molar-refractivity contribution in [1.82, 2.24) is 14.8 Å². The molecule has 86 valence electrons. The van der Waals surface area contributed by atoms with Crippen LogP contribution in [-0.4, -0.2) is 21.3 Å². The summed E-state index contributed by atoms with van der Waals surface area (Å²) in [5.41, 5.74) is 6.23. The van der Waals surface area contributed by atoms with E-state index in [4.69, 9.17) is 11.0 Å². The summed E-state index contributed by atoms with van der Waals surface area (Å²) in [5, 5.41) is 15.1. The highest BCUT2D eigenvalue weighted by Gasteiger charge is 2.09. The first-order valence-electron chi connectivity index (χ1n) is 5.13. The molecule has 3 N–H and O–H groups in total. The molecule has 0 unspecified atom stereocenters. The minimum atomic E-state index is -0.330. The zero-order valence-corrected chi connectivity index (χ0v) is 9.05. The number of rotatable bonds is 3. The van der Waals surface area contributed by atoms with Crippen molar-refractivity contribution in [2.75, 3.05) is 6.54 Å². The summed E-state index contributed by atoms with van der Waals surface area (Å²) >= 11 is 0. The molecule has 0 spiro atoms. The zero-order valence-electron chi connectivity index (χ0n) is 9.05. The number of aromatic nitrogens is 3. The molecule has 0 saturated carbocycles. The molecule has 0 saturated heterocycles. The normalized spacial score (nSPS) is 10.1. The lowest BCUT2D eigenvalue weighted by atomic mass is 10.2. The molecule has 0 radical (unpaired) electrons. The SMILES string of the molecule is N#Cc1cccc(-n2c(CCN)n[nH]c2=O)c1. The van der Waals surface area contributed by atoms with Gasteiger partial charge in [-0.15, -0.1) is 0 Å². The number of hydrogen-bond donors (Lipinski definition) is 2. The van der Waals surface area contributed by atoms with Crippen molar-refractivity contribution in [1.29, 1.82) is 5.26 Å². The molecular formula is C11H11N5O. The van der Waals surface area contributed by atoms with Crippen LogP contribution in [0.2, 0.25) is 0 Å². The molecule has 0 fully saturated rings. The van der Waals surface area contributed by atoms with Crippen molar-refractivity contribution in [2.45, 2.75) is 6.42 Å². The predicted molar refractivity (Wildman–Crippen MR) is 61.7 cm³/mol. The second kappa shape index (κ2) is 4.63. The lowest BCUT2D eigenvalue weighted by Gasteiger charge is -2.04. The molecule has 1 aromatic carbocycles.